The zero-order valence-corrected chi connectivity index (χ0v) is 10.8. The lowest BCUT2D eigenvalue weighted by molar-refractivity contribution is 0.141. The molecule has 0 bridgehead atoms. The molecular weight excluding hydrogens is 220 g/mol. The number of piperidine rings is 1. The van der Waals surface area contributed by atoms with Crippen molar-refractivity contribution in [2.24, 2.45) is 0 Å². The summed E-state index contributed by atoms with van der Waals surface area (Å²) >= 11 is 1.60. The maximum absolute atomic E-state index is 5.63. The predicted molar refractivity (Wildman–Crippen MR) is 68.5 cm³/mol. The summed E-state index contributed by atoms with van der Waals surface area (Å²) in [4.78, 5) is 10.2. The Balaban J connectivity index is 1.81. The Morgan fingerprint density at radius 2 is 2.19 bits per heavy atom. The second-order valence-corrected chi connectivity index (χ2v) is 5.78. The molecule has 1 fully saturated rings. The molecule has 0 saturated carbocycles. The quantitative estimate of drug-likeness (QED) is 0.864. The van der Waals surface area contributed by atoms with Gasteiger partial charge in [-0.3, -0.25) is 4.90 Å². The highest BCUT2D eigenvalue weighted by Crippen LogP contribution is 2.20. The van der Waals surface area contributed by atoms with E-state index < -0.39 is 0 Å². The molecule has 0 aliphatic carbocycles. The molecule has 0 atom stereocenters. The van der Waals surface area contributed by atoms with Crippen molar-refractivity contribution in [2.45, 2.75) is 25.4 Å². The molecule has 16 heavy (non-hydrogen) atoms. The third-order valence-corrected chi connectivity index (χ3v) is 4.05. The van der Waals surface area contributed by atoms with Crippen LogP contribution >= 0.6 is 11.3 Å². The highest BCUT2D eigenvalue weighted by molar-refractivity contribution is 7.15. The summed E-state index contributed by atoms with van der Waals surface area (Å²) in [5.41, 5.74) is 5.63. The Morgan fingerprint density at radius 3 is 2.69 bits per heavy atom. The molecule has 2 rings (SSSR count). The van der Waals surface area contributed by atoms with Crippen molar-refractivity contribution in [3.8, 4) is 0 Å². The molecule has 1 aromatic heterocycles. The lowest BCUT2D eigenvalue weighted by Gasteiger charge is -2.34. The van der Waals surface area contributed by atoms with Crippen molar-refractivity contribution in [1.82, 2.24) is 14.8 Å². The van der Waals surface area contributed by atoms with Gasteiger partial charge in [0.2, 0.25) is 0 Å². The van der Waals surface area contributed by atoms with Gasteiger partial charge in [0.25, 0.3) is 0 Å². The first-order valence-corrected chi connectivity index (χ1v) is 6.56. The molecule has 0 spiro atoms. The Labute approximate surface area is 101 Å². The minimum Gasteiger partial charge on any atom is -0.375 e. The van der Waals surface area contributed by atoms with Gasteiger partial charge in [0.05, 0.1) is 0 Å². The molecule has 1 aromatic rings. The first kappa shape index (κ1) is 11.8. The van der Waals surface area contributed by atoms with Crippen LogP contribution in [0.4, 0.5) is 5.13 Å². The fourth-order valence-corrected chi connectivity index (χ4v) is 2.94. The Kier molecular flexibility index (Phi) is 3.78. The first-order chi connectivity index (χ1) is 7.65. The second-order valence-electron chi connectivity index (χ2n) is 4.64. The zero-order valence-electron chi connectivity index (χ0n) is 10.0. The number of nitrogen functional groups attached to an aromatic ring is 1. The van der Waals surface area contributed by atoms with Crippen molar-refractivity contribution in [2.75, 3.05) is 32.9 Å². The number of likely N-dealkylation sites (tertiary alicyclic amines) is 1. The number of hydrogen-bond donors (Lipinski definition) is 1. The van der Waals surface area contributed by atoms with Crippen LogP contribution in [0.15, 0.2) is 6.20 Å². The topological polar surface area (TPSA) is 45.4 Å². The number of nitrogens with zero attached hydrogens (tertiary/aromatic N) is 3. The van der Waals surface area contributed by atoms with Gasteiger partial charge in [-0.25, -0.2) is 4.98 Å². The van der Waals surface area contributed by atoms with E-state index in [2.05, 4.69) is 28.9 Å². The monoisotopic (exact) mass is 240 g/mol. The van der Waals surface area contributed by atoms with Crippen LogP contribution in [0.5, 0.6) is 0 Å². The highest BCUT2D eigenvalue weighted by atomic mass is 32.1. The molecule has 0 radical (unpaired) electrons. The maximum Gasteiger partial charge on any atom is 0.180 e. The number of nitrogens with two attached hydrogens (primary N) is 1. The Morgan fingerprint density at radius 1 is 1.50 bits per heavy atom. The molecule has 1 aliphatic heterocycles. The summed E-state index contributed by atoms with van der Waals surface area (Å²) in [5, 5.41) is 0.679. The second kappa shape index (κ2) is 5.12. The van der Waals surface area contributed by atoms with Crippen LogP contribution in [-0.4, -0.2) is 48.0 Å². The molecular formula is C11H20N4S. The Bertz CT molecular complexity index is 328. The van der Waals surface area contributed by atoms with E-state index in [0.29, 0.717) is 5.13 Å². The lowest BCUT2D eigenvalue weighted by Crippen LogP contribution is -2.41. The largest absolute Gasteiger partial charge is 0.375 e. The molecule has 90 valence electrons. The van der Waals surface area contributed by atoms with Gasteiger partial charge in [-0.1, -0.05) is 0 Å². The van der Waals surface area contributed by atoms with E-state index in [9.17, 15) is 0 Å². The van der Waals surface area contributed by atoms with Crippen molar-refractivity contribution >= 4 is 16.5 Å². The van der Waals surface area contributed by atoms with E-state index in [-0.39, 0.29) is 0 Å². The molecule has 2 heterocycles. The number of rotatable bonds is 3. The molecule has 4 nitrogen and oxygen atoms in total. The summed E-state index contributed by atoms with van der Waals surface area (Å²) in [5.74, 6) is 0. The van der Waals surface area contributed by atoms with Crippen molar-refractivity contribution < 1.29 is 0 Å². The van der Waals surface area contributed by atoms with Crippen LogP contribution in [0.3, 0.4) is 0 Å². The number of aromatic nitrogens is 1. The van der Waals surface area contributed by atoms with Gasteiger partial charge in [-0.2, -0.15) is 0 Å². The molecule has 0 aromatic carbocycles. The van der Waals surface area contributed by atoms with Crippen LogP contribution in [0.25, 0.3) is 0 Å². The molecule has 1 aliphatic rings. The van der Waals surface area contributed by atoms with E-state index in [4.69, 9.17) is 5.73 Å². The van der Waals surface area contributed by atoms with Gasteiger partial charge < -0.3 is 10.6 Å². The van der Waals surface area contributed by atoms with Crippen LogP contribution in [-0.2, 0) is 6.54 Å². The molecule has 0 amide bonds. The fourth-order valence-electron chi connectivity index (χ4n) is 2.21. The molecule has 2 N–H and O–H groups in total. The standard InChI is InChI=1S/C11H20N4S/c1-14(2)9-3-5-15(6-4-9)8-10-7-13-11(12)16-10/h7,9H,3-6,8H2,1-2H3,(H2,12,13). The molecule has 0 unspecified atom stereocenters. The third kappa shape index (κ3) is 2.93. The van der Waals surface area contributed by atoms with Gasteiger partial charge >= 0.3 is 0 Å². The van der Waals surface area contributed by atoms with Gasteiger partial charge in [0, 0.05) is 36.8 Å². The van der Waals surface area contributed by atoms with Crippen LogP contribution in [0.1, 0.15) is 17.7 Å². The summed E-state index contributed by atoms with van der Waals surface area (Å²) in [7, 11) is 4.34. The van der Waals surface area contributed by atoms with Gasteiger partial charge in [0.1, 0.15) is 0 Å². The normalized spacial score (nSPS) is 19.4. The van der Waals surface area contributed by atoms with Crippen LogP contribution < -0.4 is 5.73 Å². The van der Waals surface area contributed by atoms with E-state index in [1.54, 1.807) is 11.3 Å². The van der Waals surface area contributed by atoms with Crippen LogP contribution in [0, 0.1) is 0 Å². The van der Waals surface area contributed by atoms with E-state index >= 15 is 0 Å². The predicted octanol–water partition coefficient (Wildman–Crippen LogP) is 1.25. The van der Waals surface area contributed by atoms with Gasteiger partial charge in [-0.05, 0) is 26.9 Å². The third-order valence-electron chi connectivity index (χ3n) is 3.24. The summed E-state index contributed by atoms with van der Waals surface area (Å²) in [6.07, 6.45) is 4.43. The van der Waals surface area contributed by atoms with Gasteiger partial charge in [0.15, 0.2) is 5.13 Å². The first-order valence-electron chi connectivity index (χ1n) is 5.74. The van der Waals surface area contributed by atoms with Crippen molar-refractivity contribution in [3.05, 3.63) is 11.1 Å². The minimum atomic E-state index is 0.679. The number of thiazole rings is 1. The molecule has 1 saturated heterocycles. The SMILES string of the molecule is CN(C)C1CCN(Cc2cnc(N)s2)CC1. The van der Waals surface area contributed by atoms with Crippen molar-refractivity contribution in [3.63, 3.8) is 0 Å². The average Bonchev–Trinajstić information content (AvgIpc) is 2.65. The fraction of sp³-hybridized carbons (Fsp3) is 0.727. The van der Waals surface area contributed by atoms with E-state index in [1.807, 2.05) is 6.20 Å². The average molecular weight is 240 g/mol. The Hall–Kier alpha value is -0.650. The minimum absolute atomic E-state index is 0.679. The zero-order chi connectivity index (χ0) is 11.5. The van der Waals surface area contributed by atoms with E-state index in [1.165, 1.54) is 30.8 Å². The lowest BCUT2D eigenvalue weighted by atomic mass is 10.0. The van der Waals surface area contributed by atoms with Crippen molar-refractivity contribution in [1.29, 1.82) is 0 Å². The van der Waals surface area contributed by atoms with Crippen LogP contribution in [0.2, 0.25) is 0 Å². The van der Waals surface area contributed by atoms with E-state index in [0.717, 1.165) is 12.6 Å². The highest BCUT2D eigenvalue weighted by Gasteiger charge is 2.20. The summed E-state index contributed by atoms with van der Waals surface area (Å²) in [6.45, 7) is 3.37. The number of hydrogen-bond acceptors (Lipinski definition) is 5. The maximum atomic E-state index is 5.63. The molecule has 5 heteroatoms. The summed E-state index contributed by atoms with van der Waals surface area (Å²) in [6, 6.07) is 0.753. The number of anilines is 1. The summed E-state index contributed by atoms with van der Waals surface area (Å²) < 4.78 is 0. The van der Waals surface area contributed by atoms with Gasteiger partial charge in [-0.15, -0.1) is 11.3 Å². The smallest absolute Gasteiger partial charge is 0.180 e.